The molecule has 1 saturated heterocycles. The fraction of sp³-hybridized carbons (Fsp3) is 0.391. The van der Waals surface area contributed by atoms with Crippen LogP contribution in [0.4, 0.5) is 5.69 Å². The number of rotatable bonds is 6. The number of β-amino-alcohol motifs (C(OH)–C–C–N with tert-alkyl or cyclic N) is 1. The predicted octanol–water partition coefficient (Wildman–Crippen LogP) is 1.22. The van der Waals surface area contributed by atoms with Gasteiger partial charge in [0.15, 0.2) is 9.84 Å². The molecule has 0 bridgehead atoms. The minimum atomic E-state index is -3.65. The number of carbonyl (C=O) groups is 2. The molecular formula is C23H27N3O5S. The Hall–Kier alpha value is -2.75. The van der Waals surface area contributed by atoms with Gasteiger partial charge in [0.1, 0.15) is 5.75 Å². The second-order valence-electron chi connectivity index (χ2n) is 8.45. The summed E-state index contributed by atoms with van der Waals surface area (Å²) in [5.41, 5.74) is 1.86. The van der Waals surface area contributed by atoms with E-state index in [9.17, 15) is 23.1 Å². The highest BCUT2D eigenvalue weighted by Crippen LogP contribution is 2.29. The van der Waals surface area contributed by atoms with Gasteiger partial charge in [-0.05, 0) is 29.7 Å². The van der Waals surface area contributed by atoms with Gasteiger partial charge in [-0.3, -0.25) is 14.5 Å². The number of carbonyl (C=O) groups excluding carboxylic acids is 2. The van der Waals surface area contributed by atoms with Crippen LogP contribution in [-0.4, -0.2) is 73.7 Å². The molecule has 0 radical (unpaired) electrons. The molecular weight excluding hydrogens is 430 g/mol. The van der Waals surface area contributed by atoms with Crippen molar-refractivity contribution in [3.05, 3.63) is 59.7 Å². The maximum absolute atomic E-state index is 13.2. The Morgan fingerprint density at radius 1 is 1.25 bits per heavy atom. The number of benzene rings is 2. The quantitative estimate of drug-likeness (QED) is 0.676. The van der Waals surface area contributed by atoms with Crippen LogP contribution >= 0.6 is 0 Å². The Morgan fingerprint density at radius 2 is 2.00 bits per heavy atom. The van der Waals surface area contributed by atoms with Crippen molar-refractivity contribution in [3.8, 4) is 0 Å². The van der Waals surface area contributed by atoms with Crippen LogP contribution in [0.25, 0.3) is 0 Å². The second-order valence-corrected chi connectivity index (χ2v) is 10.4. The monoisotopic (exact) mass is 457 g/mol. The van der Waals surface area contributed by atoms with E-state index in [0.717, 1.165) is 18.5 Å². The molecule has 0 aromatic heterocycles. The van der Waals surface area contributed by atoms with Gasteiger partial charge in [0.25, 0.3) is 0 Å². The Kier molecular flexibility index (Phi) is 6.32. The number of aliphatic hydroxyl groups excluding tert-OH is 1. The summed E-state index contributed by atoms with van der Waals surface area (Å²) >= 11 is 0. The number of hydrogen-bond donors (Lipinski definition) is 2. The van der Waals surface area contributed by atoms with Crippen molar-refractivity contribution in [2.45, 2.75) is 29.9 Å². The van der Waals surface area contributed by atoms with Gasteiger partial charge in [0, 0.05) is 26.7 Å². The molecule has 8 nitrogen and oxygen atoms in total. The Balaban J connectivity index is 1.53. The van der Waals surface area contributed by atoms with Gasteiger partial charge in [0.05, 0.1) is 29.1 Å². The van der Waals surface area contributed by atoms with Gasteiger partial charge in [0.2, 0.25) is 11.8 Å². The van der Waals surface area contributed by atoms with E-state index in [1.807, 2.05) is 30.3 Å². The Morgan fingerprint density at radius 3 is 2.69 bits per heavy atom. The van der Waals surface area contributed by atoms with Crippen molar-refractivity contribution in [2.75, 3.05) is 37.8 Å². The van der Waals surface area contributed by atoms with Crippen LogP contribution in [0.1, 0.15) is 23.6 Å². The molecule has 2 aliphatic rings. The third-order valence-electron chi connectivity index (χ3n) is 6.05. The molecule has 2 amide bonds. The topological polar surface area (TPSA) is 107 Å². The van der Waals surface area contributed by atoms with Crippen molar-refractivity contribution in [3.63, 3.8) is 0 Å². The minimum Gasteiger partial charge on any atom is -0.392 e. The first kappa shape index (κ1) is 22.4. The third-order valence-corrected chi connectivity index (χ3v) is 7.72. The van der Waals surface area contributed by atoms with Gasteiger partial charge in [-0.1, -0.05) is 36.4 Å². The maximum atomic E-state index is 13.2. The summed E-state index contributed by atoms with van der Waals surface area (Å²) in [5.74, 6) is -1.26. The number of anilines is 1. The molecule has 2 N–H and O–H groups in total. The van der Waals surface area contributed by atoms with Gasteiger partial charge in [-0.15, -0.1) is 0 Å². The van der Waals surface area contributed by atoms with Crippen LogP contribution in [0.2, 0.25) is 0 Å². The Labute approximate surface area is 187 Å². The fourth-order valence-electron chi connectivity index (χ4n) is 4.32. The maximum Gasteiger partial charge on any atom is 0.239 e. The van der Waals surface area contributed by atoms with Crippen LogP contribution in [0.3, 0.4) is 0 Å². The number of sulfone groups is 1. The standard InChI is InChI=1S/C23H27N3O5S/c1-25(20(17-5-3-2-4-6-17)14-26-10-9-18(27)13-26)23(29)12-16-7-8-21-19(11-16)24-22(28)15-32(21,30)31/h2-8,11,18,20,27H,9-10,12-15H2,1H3,(H,24,28)/t18-,20?/m0/s1. The lowest BCUT2D eigenvalue weighted by atomic mass is 10.0. The minimum absolute atomic E-state index is 0.0751. The molecule has 2 aromatic rings. The molecule has 32 heavy (non-hydrogen) atoms. The first-order valence-corrected chi connectivity index (χ1v) is 12.2. The van der Waals surface area contributed by atoms with E-state index < -0.39 is 21.5 Å². The molecule has 4 rings (SSSR count). The lowest BCUT2D eigenvalue weighted by molar-refractivity contribution is -0.131. The lowest BCUT2D eigenvalue weighted by Crippen LogP contribution is -2.39. The first-order valence-electron chi connectivity index (χ1n) is 10.6. The van der Waals surface area contributed by atoms with Gasteiger partial charge >= 0.3 is 0 Å². The summed E-state index contributed by atoms with van der Waals surface area (Å²) < 4.78 is 24.4. The lowest BCUT2D eigenvalue weighted by Gasteiger charge is -2.32. The van der Waals surface area contributed by atoms with E-state index in [1.54, 1.807) is 24.1 Å². The number of nitrogens with one attached hydrogen (secondary N) is 1. The number of hydrogen-bond acceptors (Lipinski definition) is 6. The van der Waals surface area contributed by atoms with E-state index in [4.69, 9.17) is 0 Å². The van der Waals surface area contributed by atoms with Crippen LogP contribution < -0.4 is 5.32 Å². The SMILES string of the molecule is CN(C(=O)Cc1ccc2c(c1)NC(=O)CS2(=O)=O)C(CN1CC[C@H](O)C1)c1ccccc1. The third kappa shape index (κ3) is 4.85. The van der Waals surface area contributed by atoms with Crippen LogP contribution in [0.15, 0.2) is 53.4 Å². The smallest absolute Gasteiger partial charge is 0.239 e. The van der Waals surface area contributed by atoms with Crippen molar-refractivity contribution < 1.29 is 23.1 Å². The largest absolute Gasteiger partial charge is 0.392 e. The highest BCUT2D eigenvalue weighted by atomic mass is 32.2. The summed E-state index contributed by atoms with van der Waals surface area (Å²) in [6, 6.07) is 14.2. The van der Waals surface area contributed by atoms with Crippen molar-refractivity contribution in [1.82, 2.24) is 9.80 Å². The van der Waals surface area contributed by atoms with E-state index in [2.05, 4.69) is 10.2 Å². The van der Waals surface area contributed by atoms with Gasteiger partial charge < -0.3 is 15.3 Å². The molecule has 1 unspecified atom stereocenters. The zero-order valence-corrected chi connectivity index (χ0v) is 18.7. The van der Waals surface area contributed by atoms with Crippen LogP contribution in [-0.2, 0) is 25.8 Å². The van der Waals surface area contributed by atoms with Gasteiger partial charge in [-0.25, -0.2) is 8.42 Å². The molecule has 0 saturated carbocycles. The summed E-state index contributed by atoms with van der Waals surface area (Å²) in [6.45, 7) is 1.98. The number of nitrogens with zero attached hydrogens (tertiary/aromatic N) is 2. The second kappa shape index (κ2) is 9.01. The van der Waals surface area contributed by atoms with Crippen LogP contribution in [0, 0.1) is 0 Å². The van der Waals surface area contributed by atoms with E-state index in [1.165, 1.54) is 6.07 Å². The first-order chi connectivity index (χ1) is 15.2. The van der Waals surface area contributed by atoms with E-state index in [0.29, 0.717) is 18.7 Å². The van der Waals surface area contributed by atoms with Crippen molar-refractivity contribution in [1.29, 1.82) is 0 Å². The van der Waals surface area contributed by atoms with Gasteiger partial charge in [-0.2, -0.15) is 0 Å². The number of aliphatic hydroxyl groups is 1. The molecule has 9 heteroatoms. The zero-order chi connectivity index (χ0) is 22.9. The average Bonchev–Trinajstić information content (AvgIpc) is 3.16. The molecule has 0 spiro atoms. The van der Waals surface area contributed by atoms with E-state index in [-0.39, 0.29) is 35.1 Å². The summed E-state index contributed by atoms with van der Waals surface area (Å²) in [4.78, 5) is 28.8. The van der Waals surface area contributed by atoms with E-state index >= 15 is 0 Å². The van der Waals surface area contributed by atoms with Crippen molar-refractivity contribution >= 4 is 27.3 Å². The number of likely N-dealkylation sites (N-methyl/N-ethyl adjacent to an activating group) is 1. The summed E-state index contributed by atoms with van der Waals surface area (Å²) in [5, 5.41) is 12.5. The molecule has 2 heterocycles. The number of likely N-dealkylation sites (tertiary alicyclic amines) is 1. The molecule has 2 atom stereocenters. The summed E-state index contributed by atoms with van der Waals surface area (Å²) in [7, 11) is -1.89. The normalized spacial score (nSPS) is 20.9. The number of fused-ring (bicyclic) bond motifs is 1. The fourth-order valence-corrected chi connectivity index (χ4v) is 5.61. The Bertz CT molecular complexity index is 1120. The number of amides is 2. The molecule has 2 aliphatic heterocycles. The van der Waals surface area contributed by atoms with Crippen molar-refractivity contribution in [2.24, 2.45) is 0 Å². The summed E-state index contributed by atoms with van der Waals surface area (Å²) in [6.07, 6.45) is 0.462. The molecule has 2 aromatic carbocycles. The van der Waals surface area contributed by atoms with Crippen LogP contribution in [0.5, 0.6) is 0 Å². The molecule has 1 fully saturated rings. The predicted molar refractivity (Wildman–Crippen MR) is 120 cm³/mol. The zero-order valence-electron chi connectivity index (χ0n) is 17.9. The average molecular weight is 458 g/mol. The molecule has 170 valence electrons. The highest BCUT2D eigenvalue weighted by Gasteiger charge is 2.30. The highest BCUT2D eigenvalue weighted by molar-refractivity contribution is 7.92. The molecule has 0 aliphatic carbocycles.